The Morgan fingerprint density at radius 2 is 1.60 bits per heavy atom. The van der Waals surface area contributed by atoms with Gasteiger partial charge in [0.15, 0.2) is 5.79 Å². The van der Waals surface area contributed by atoms with Crippen LogP contribution in [0.5, 0.6) is 0 Å². The third-order valence-electron chi connectivity index (χ3n) is 2.26. The van der Waals surface area contributed by atoms with Crippen LogP contribution >= 0.6 is 0 Å². The van der Waals surface area contributed by atoms with E-state index in [1.54, 1.807) is 0 Å². The molecule has 1 unspecified atom stereocenters. The van der Waals surface area contributed by atoms with Crippen LogP contribution in [0, 0.1) is 0 Å². The van der Waals surface area contributed by atoms with Gasteiger partial charge in [0, 0.05) is 0 Å². The molecule has 1 saturated carbocycles. The van der Waals surface area contributed by atoms with Crippen LogP contribution in [0.15, 0.2) is 0 Å². The number of fused-ring (bicyclic) bond motifs is 1. The standard InChI is InChI=1S/C8H14O2/c1-8(2)9-6-4-3-5-7(6)10-8/h6-7H,3-5H2,1-2H3/t6-,7?/m1/s1. The van der Waals surface area contributed by atoms with E-state index in [0.29, 0.717) is 12.2 Å². The summed E-state index contributed by atoms with van der Waals surface area (Å²) in [6.07, 6.45) is 4.44. The summed E-state index contributed by atoms with van der Waals surface area (Å²) in [6.45, 7) is 3.98. The van der Waals surface area contributed by atoms with Crippen LogP contribution in [-0.2, 0) is 9.47 Å². The summed E-state index contributed by atoms with van der Waals surface area (Å²) in [5, 5.41) is 0. The average Bonchev–Trinajstić information content (AvgIpc) is 2.20. The third kappa shape index (κ3) is 0.956. The number of rotatable bonds is 0. The maximum atomic E-state index is 5.65. The van der Waals surface area contributed by atoms with Crippen molar-refractivity contribution >= 4 is 0 Å². The van der Waals surface area contributed by atoms with Gasteiger partial charge in [-0.3, -0.25) is 0 Å². The molecule has 2 atom stereocenters. The minimum atomic E-state index is -0.310. The molecule has 58 valence electrons. The second-order valence-electron chi connectivity index (χ2n) is 3.64. The van der Waals surface area contributed by atoms with Gasteiger partial charge in [0.1, 0.15) is 0 Å². The first-order valence-electron chi connectivity index (χ1n) is 4.03. The normalized spacial score (nSPS) is 43.8. The second kappa shape index (κ2) is 1.95. The lowest BCUT2D eigenvalue weighted by Gasteiger charge is -2.17. The van der Waals surface area contributed by atoms with Gasteiger partial charge in [-0.2, -0.15) is 0 Å². The van der Waals surface area contributed by atoms with Gasteiger partial charge in [-0.1, -0.05) is 0 Å². The topological polar surface area (TPSA) is 18.5 Å². The first-order valence-corrected chi connectivity index (χ1v) is 4.03. The highest BCUT2D eigenvalue weighted by Crippen LogP contribution is 2.37. The molecular formula is C8H14O2. The van der Waals surface area contributed by atoms with E-state index < -0.39 is 0 Å². The highest BCUT2D eigenvalue weighted by atomic mass is 16.8. The molecule has 1 heterocycles. The molecule has 10 heavy (non-hydrogen) atoms. The van der Waals surface area contributed by atoms with E-state index in [-0.39, 0.29) is 5.79 Å². The second-order valence-corrected chi connectivity index (χ2v) is 3.64. The van der Waals surface area contributed by atoms with Crippen molar-refractivity contribution < 1.29 is 9.47 Å². The molecule has 1 saturated heterocycles. The Balaban J connectivity index is 2.07. The van der Waals surface area contributed by atoms with E-state index in [1.807, 2.05) is 13.8 Å². The van der Waals surface area contributed by atoms with Crippen molar-refractivity contribution in [3.8, 4) is 0 Å². The van der Waals surface area contributed by atoms with Gasteiger partial charge in [-0.05, 0) is 33.1 Å². The molecule has 0 N–H and O–H groups in total. The van der Waals surface area contributed by atoms with Gasteiger partial charge in [-0.15, -0.1) is 0 Å². The summed E-state index contributed by atoms with van der Waals surface area (Å²) >= 11 is 0. The van der Waals surface area contributed by atoms with Crippen molar-refractivity contribution in [3.63, 3.8) is 0 Å². The predicted octanol–water partition coefficient (Wildman–Crippen LogP) is 1.69. The zero-order valence-corrected chi connectivity index (χ0v) is 6.59. The van der Waals surface area contributed by atoms with E-state index in [2.05, 4.69) is 0 Å². The van der Waals surface area contributed by atoms with Crippen LogP contribution in [0.25, 0.3) is 0 Å². The molecule has 0 bridgehead atoms. The van der Waals surface area contributed by atoms with Gasteiger partial charge < -0.3 is 9.47 Å². The van der Waals surface area contributed by atoms with Crippen LogP contribution in [-0.4, -0.2) is 18.0 Å². The van der Waals surface area contributed by atoms with Crippen molar-refractivity contribution in [1.29, 1.82) is 0 Å². The molecule has 0 aromatic rings. The van der Waals surface area contributed by atoms with Crippen molar-refractivity contribution in [2.45, 2.75) is 51.1 Å². The molecular weight excluding hydrogens is 128 g/mol. The lowest BCUT2D eigenvalue weighted by Crippen LogP contribution is -2.21. The van der Waals surface area contributed by atoms with Gasteiger partial charge >= 0.3 is 0 Å². The van der Waals surface area contributed by atoms with Crippen molar-refractivity contribution in [1.82, 2.24) is 0 Å². The maximum Gasteiger partial charge on any atom is 0.163 e. The average molecular weight is 142 g/mol. The fourth-order valence-corrected chi connectivity index (χ4v) is 1.92. The Kier molecular flexibility index (Phi) is 1.29. The first-order chi connectivity index (χ1) is 4.67. The molecule has 2 fully saturated rings. The first kappa shape index (κ1) is 6.62. The van der Waals surface area contributed by atoms with Crippen LogP contribution in [0.2, 0.25) is 0 Å². The van der Waals surface area contributed by atoms with Crippen LogP contribution in [0.4, 0.5) is 0 Å². The highest BCUT2D eigenvalue weighted by molar-refractivity contribution is 4.86. The van der Waals surface area contributed by atoms with Gasteiger partial charge in [0.05, 0.1) is 12.2 Å². The lowest BCUT2D eigenvalue weighted by molar-refractivity contribution is -0.151. The van der Waals surface area contributed by atoms with E-state index >= 15 is 0 Å². The molecule has 2 aliphatic rings. The fourth-order valence-electron chi connectivity index (χ4n) is 1.92. The summed E-state index contributed by atoms with van der Waals surface area (Å²) < 4.78 is 11.3. The molecule has 0 aromatic heterocycles. The quantitative estimate of drug-likeness (QED) is 0.512. The summed E-state index contributed by atoms with van der Waals surface area (Å²) in [5.41, 5.74) is 0. The Hall–Kier alpha value is -0.0800. The predicted molar refractivity (Wildman–Crippen MR) is 37.7 cm³/mol. The van der Waals surface area contributed by atoms with Gasteiger partial charge in [-0.25, -0.2) is 0 Å². The molecule has 0 aromatic carbocycles. The highest BCUT2D eigenvalue weighted by Gasteiger charge is 2.43. The van der Waals surface area contributed by atoms with E-state index in [1.165, 1.54) is 19.3 Å². The zero-order valence-electron chi connectivity index (χ0n) is 6.59. The third-order valence-corrected chi connectivity index (χ3v) is 2.26. The van der Waals surface area contributed by atoms with Crippen LogP contribution in [0.3, 0.4) is 0 Å². The molecule has 1 aliphatic carbocycles. The smallest absolute Gasteiger partial charge is 0.163 e. The number of ether oxygens (including phenoxy) is 2. The molecule has 0 spiro atoms. The number of hydrogen-bond donors (Lipinski definition) is 0. The van der Waals surface area contributed by atoms with Gasteiger partial charge in [0.2, 0.25) is 0 Å². The molecule has 1 aliphatic heterocycles. The zero-order chi connectivity index (χ0) is 7.19. The van der Waals surface area contributed by atoms with Crippen molar-refractivity contribution in [3.05, 3.63) is 0 Å². The summed E-state index contributed by atoms with van der Waals surface area (Å²) in [4.78, 5) is 0. The van der Waals surface area contributed by atoms with E-state index in [4.69, 9.17) is 9.47 Å². The van der Waals surface area contributed by atoms with Crippen molar-refractivity contribution in [2.24, 2.45) is 0 Å². The van der Waals surface area contributed by atoms with Gasteiger partial charge in [0.25, 0.3) is 0 Å². The SMILES string of the molecule is CC1(C)OC2CCC[C@H]2O1. The molecule has 2 rings (SSSR count). The van der Waals surface area contributed by atoms with Crippen LogP contribution in [0.1, 0.15) is 33.1 Å². The maximum absolute atomic E-state index is 5.65. The molecule has 0 amide bonds. The Bertz CT molecular complexity index is 128. The Labute approximate surface area is 61.5 Å². The summed E-state index contributed by atoms with van der Waals surface area (Å²) in [5.74, 6) is -0.310. The monoisotopic (exact) mass is 142 g/mol. The fraction of sp³-hybridized carbons (Fsp3) is 1.00. The number of hydrogen-bond acceptors (Lipinski definition) is 2. The van der Waals surface area contributed by atoms with Crippen LogP contribution < -0.4 is 0 Å². The molecule has 2 heteroatoms. The minimum Gasteiger partial charge on any atom is -0.345 e. The Morgan fingerprint density at radius 1 is 1.10 bits per heavy atom. The summed E-state index contributed by atoms with van der Waals surface area (Å²) in [7, 11) is 0. The minimum absolute atomic E-state index is 0.310. The molecule has 2 nitrogen and oxygen atoms in total. The van der Waals surface area contributed by atoms with Crippen molar-refractivity contribution in [2.75, 3.05) is 0 Å². The largest absolute Gasteiger partial charge is 0.345 e. The van der Waals surface area contributed by atoms with E-state index in [9.17, 15) is 0 Å². The Morgan fingerprint density at radius 3 is 2.10 bits per heavy atom. The lowest BCUT2D eigenvalue weighted by atomic mass is 10.3. The molecule has 0 radical (unpaired) electrons. The summed E-state index contributed by atoms with van der Waals surface area (Å²) in [6, 6.07) is 0. The van der Waals surface area contributed by atoms with E-state index in [0.717, 1.165) is 0 Å².